The van der Waals surface area contributed by atoms with Crippen molar-refractivity contribution in [3.05, 3.63) is 80.3 Å². The number of aliphatic hydroxyl groups is 1. The van der Waals surface area contributed by atoms with E-state index in [0.717, 1.165) is 18.2 Å². The van der Waals surface area contributed by atoms with Gasteiger partial charge in [0.1, 0.15) is 11.6 Å². The summed E-state index contributed by atoms with van der Waals surface area (Å²) in [7, 11) is 0. The Hall–Kier alpha value is -3.81. The molecular weight excluding hydrogens is 596 g/mol. The van der Waals surface area contributed by atoms with E-state index in [0.29, 0.717) is 28.6 Å². The number of fused-ring (bicyclic) bond motifs is 1. The average Bonchev–Trinajstić information content (AvgIpc) is 3.46. The molecule has 3 aromatic rings. The highest BCUT2D eigenvalue weighted by molar-refractivity contribution is 6.33. The number of nitrogen functional groups attached to an aromatic ring is 1. The lowest BCUT2D eigenvalue weighted by Gasteiger charge is -2.35. The lowest BCUT2D eigenvalue weighted by molar-refractivity contribution is -0.258. The number of nitrogens with one attached hydrogen (secondary N) is 2. The smallest absolute Gasteiger partial charge is 0.398 e. The van der Waals surface area contributed by atoms with Gasteiger partial charge in [-0.15, -0.1) is 0 Å². The van der Waals surface area contributed by atoms with Crippen LogP contribution in [0.4, 0.5) is 54.3 Å². The Morgan fingerprint density at radius 3 is 2.59 bits per heavy atom. The van der Waals surface area contributed by atoms with Gasteiger partial charge in [-0.1, -0.05) is 23.2 Å². The van der Waals surface area contributed by atoms with Crippen molar-refractivity contribution in [1.82, 2.24) is 5.32 Å². The number of benzene rings is 3. The largest absolute Gasteiger partial charge is 0.423 e. The fourth-order valence-corrected chi connectivity index (χ4v) is 6.03. The molecule has 8 nitrogen and oxygen atoms in total. The summed E-state index contributed by atoms with van der Waals surface area (Å²) in [4.78, 5) is 28.6. The lowest BCUT2D eigenvalue weighted by Crippen LogP contribution is -2.48. The molecule has 0 radical (unpaired) electrons. The average molecular weight is 614 g/mol. The Labute approximate surface area is 238 Å². The van der Waals surface area contributed by atoms with Crippen LogP contribution in [-0.2, 0) is 12.0 Å². The van der Waals surface area contributed by atoms with E-state index in [1.807, 2.05) is 0 Å². The molecule has 3 aromatic carbocycles. The fraction of sp³-hybridized carbons (Fsp3) is 0.231. The molecule has 0 spiro atoms. The van der Waals surface area contributed by atoms with Crippen LogP contribution in [0.3, 0.4) is 0 Å². The van der Waals surface area contributed by atoms with Crippen LogP contribution in [0.25, 0.3) is 0 Å². The molecule has 0 aliphatic carbocycles. The molecular formula is C26H18Cl2F5N5O3. The van der Waals surface area contributed by atoms with Crippen LogP contribution >= 0.6 is 23.2 Å². The highest BCUT2D eigenvalue weighted by Gasteiger charge is 2.61. The third kappa shape index (κ3) is 4.05. The minimum absolute atomic E-state index is 0.00535. The molecule has 0 bridgehead atoms. The molecule has 41 heavy (non-hydrogen) atoms. The first-order valence-electron chi connectivity index (χ1n) is 12.1. The number of halogens is 7. The number of urea groups is 2. The predicted molar refractivity (Wildman–Crippen MR) is 141 cm³/mol. The maximum absolute atomic E-state index is 14.1. The Morgan fingerprint density at radius 1 is 1.15 bits per heavy atom. The molecule has 15 heteroatoms. The number of anilines is 4. The summed E-state index contributed by atoms with van der Waals surface area (Å²) >= 11 is 12.3. The number of alkyl halides is 3. The lowest BCUT2D eigenvalue weighted by atomic mass is 9.91. The van der Waals surface area contributed by atoms with Gasteiger partial charge in [0.15, 0.2) is 0 Å². The minimum atomic E-state index is -5.23. The summed E-state index contributed by atoms with van der Waals surface area (Å²) in [5, 5.41) is 15.5. The van der Waals surface area contributed by atoms with Gasteiger partial charge >= 0.3 is 18.2 Å². The molecule has 3 heterocycles. The standard InChI is InChI=1S/C26H18Cl2F5N5O3/c27-14-7-16(30)15(28)6-12(14)21-20-18(8-17(34)11-3-4-37(22(11)20)24(40)36-21)35-23(39)38-9-25(41,26(31,32)33)13-5-10(29)1-2-19(13)38/h1-2,5-8,21,41H,3-4,9,34H2,(H,35,39)(H,36,40). The Morgan fingerprint density at radius 2 is 1.88 bits per heavy atom. The highest BCUT2D eigenvalue weighted by atomic mass is 35.5. The second kappa shape index (κ2) is 9.10. The van der Waals surface area contributed by atoms with Gasteiger partial charge in [-0.3, -0.25) is 9.80 Å². The topological polar surface area (TPSA) is 111 Å². The predicted octanol–water partition coefficient (Wildman–Crippen LogP) is 5.83. The SMILES string of the molecule is Nc1cc(NC(=O)N2CC(O)(C(F)(F)F)c3cc(F)ccc32)c2c3c1CCN3C(=O)NC2c1cc(Cl)c(F)cc1Cl. The van der Waals surface area contributed by atoms with Crippen LogP contribution in [0.1, 0.15) is 28.3 Å². The third-order valence-corrected chi connectivity index (χ3v) is 8.14. The Kier molecular flexibility index (Phi) is 6.07. The first-order chi connectivity index (χ1) is 19.2. The second-order valence-corrected chi connectivity index (χ2v) is 10.7. The number of β-amino-alcohol motifs (C(OH)–C–C–N with tert-alkyl or cyclic N) is 1. The van der Waals surface area contributed by atoms with Crippen LogP contribution in [-0.4, -0.2) is 36.4 Å². The number of nitrogens with zero attached hydrogens (tertiary/aromatic N) is 2. The Bertz CT molecular complexity index is 1670. The first-order valence-corrected chi connectivity index (χ1v) is 12.8. The third-order valence-electron chi connectivity index (χ3n) is 7.52. The summed E-state index contributed by atoms with van der Waals surface area (Å²) in [6, 6.07) is 3.22. The summed E-state index contributed by atoms with van der Waals surface area (Å²) in [6.45, 7) is -0.993. The summed E-state index contributed by atoms with van der Waals surface area (Å²) in [6.07, 6.45) is -4.85. The van der Waals surface area contributed by atoms with Gasteiger partial charge in [-0.05, 0) is 48.4 Å². The summed E-state index contributed by atoms with van der Waals surface area (Å²) in [5.74, 6) is -1.83. The van der Waals surface area contributed by atoms with Crippen molar-refractivity contribution in [1.29, 1.82) is 0 Å². The van der Waals surface area contributed by atoms with Crippen molar-refractivity contribution >= 4 is 58.0 Å². The van der Waals surface area contributed by atoms with Gasteiger partial charge in [-0.25, -0.2) is 18.4 Å². The van der Waals surface area contributed by atoms with Gasteiger partial charge in [0, 0.05) is 33.9 Å². The molecule has 0 fully saturated rings. The van der Waals surface area contributed by atoms with Gasteiger partial charge < -0.3 is 21.5 Å². The van der Waals surface area contributed by atoms with Crippen LogP contribution < -0.4 is 26.2 Å². The van der Waals surface area contributed by atoms with Gasteiger partial charge in [0.2, 0.25) is 5.60 Å². The van der Waals surface area contributed by atoms with E-state index >= 15 is 0 Å². The van der Waals surface area contributed by atoms with Crippen molar-refractivity contribution in [2.24, 2.45) is 0 Å². The maximum Gasteiger partial charge on any atom is 0.423 e. The number of amides is 4. The van der Waals surface area contributed by atoms with E-state index in [1.165, 1.54) is 17.0 Å². The minimum Gasteiger partial charge on any atom is -0.398 e. The van der Waals surface area contributed by atoms with Crippen molar-refractivity contribution in [2.75, 3.05) is 33.9 Å². The number of rotatable bonds is 2. The van der Waals surface area contributed by atoms with Crippen LogP contribution in [0.15, 0.2) is 36.4 Å². The molecule has 4 amide bonds. The first kappa shape index (κ1) is 27.4. The molecule has 3 aliphatic rings. The molecule has 2 atom stereocenters. The number of nitrogens with two attached hydrogens (primary N) is 1. The van der Waals surface area contributed by atoms with Crippen molar-refractivity contribution in [3.8, 4) is 0 Å². The quantitative estimate of drug-likeness (QED) is 0.165. The molecule has 2 unspecified atom stereocenters. The number of hydrogen-bond donors (Lipinski definition) is 4. The van der Waals surface area contributed by atoms with E-state index in [2.05, 4.69) is 10.6 Å². The van der Waals surface area contributed by atoms with Crippen LogP contribution in [0, 0.1) is 11.6 Å². The van der Waals surface area contributed by atoms with Crippen LogP contribution in [0.5, 0.6) is 0 Å². The van der Waals surface area contributed by atoms with E-state index < -0.39 is 53.6 Å². The molecule has 0 aromatic heterocycles. The van der Waals surface area contributed by atoms with Crippen molar-refractivity contribution in [3.63, 3.8) is 0 Å². The zero-order valence-electron chi connectivity index (χ0n) is 20.5. The number of carbonyl (C=O) groups is 2. The monoisotopic (exact) mass is 613 g/mol. The molecule has 0 saturated heterocycles. The molecule has 0 saturated carbocycles. The van der Waals surface area contributed by atoms with E-state index in [4.69, 9.17) is 28.9 Å². The highest BCUT2D eigenvalue weighted by Crippen LogP contribution is 2.51. The van der Waals surface area contributed by atoms with E-state index in [9.17, 15) is 36.6 Å². The van der Waals surface area contributed by atoms with E-state index in [1.54, 1.807) is 0 Å². The molecule has 3 aliphatic heterocycles. The van der Waals surface area contributed by atoms with Gasteiger partial charge in [0.05, 0.1) is 34.7 Å². The Balaban J connectivity index is 1.47. The number of carbonyl (C=O) groups excluding carboxylic acids is 2. The van der Waals surface area contributed by atoms with Gasteiger partial charge in [0.25, 0.3) is 0 Å². The molecule has 5 N–H and O–H groups in total. The zero-order chi connectivity index (χ0) is 29.6. The normalized spacial score (nSPS) is 21.1. The summed E-state index contributed by atoms with van der Waals surface area (Å²) in [5.41, 5.74) is 3.19. The maximum atomic E-state index is 14.1. The molecule has 6 rings (SSSR count). The second-order valence-electron chi connectivity index (χ2n) is 9.86. The molecule has 214 valence electrons. The van der Waals surface area contributed by atoms with Crippen molar-refractivity contribution < 1.29 is 36.6 Å². The van der Waals surface area contributed by atoms with Crippen molar-refractivity contribution in [2.45, 2.75) is 24.2 Å². The van der Waals surface area contributed by atoms with E-state index in [-0.39, 0.29) is 44.8 Å². The van der Waals surface area contributed by atoms with Gasteiger partial charge in [-0.2, -0.15) is 13.2 Å². The van der Waals surface area contributed by atoms with Crippen LogP contribution in [0.2, 0.25) is 10.0 Å². The zero-order valence-corrected chi connectivity index (χ0v) is 22.1. The fourth-order valence-electron chi connectivity index (χ4n) is 5.60. The summed E-state index contributed by atoms with van der Waals surface area (Å²) < 4.78 is 69.8. The number of hydrogen-bond acceptors (Lipinski definition) is 4.